The van der Waals surface area contributed by atoms with Crippen LogP contribution < -0.4 is 0 Å². The lowest BCUT2D eigenvalue weighted by atomic mass is 10.2. The predicted molar refractivity (Wildman–Crippen MR) is 31.5 cm³/mol. The van der Waals surface area contributed by atoms with Crippen molar-refractivity contribution in [1.82, 2.24) is 0 Å². The van der Waals surface area contributed by atoms with E-state index in [1.807, 2.05) is 0 Å². The van der Waals surface area contributed by atoms with Crippen molar-refractivity contribution in [2.75, 3.05) is 0 Å². The molecule has 0 aliphatic carbocycles. The third-order valence-electron chi connectivity index (χ3n) is 1.15. The molecule has 10 heavy (non-hydrogen) atoms. The quantitative estimate of drug-likeness (QED) is 0.576. The molecule has 0 aliphatic heterocycles. The second-order valence-corrected chi connectivity index (χ2v) is 1.84. The van der Waals surface area contributed by atoms with Crippen molar-refractivity contribution in [3.05, 3.63) is 29.8 Å². The Labute approximate surface area is 56.9 Å². The summed E-state index contributed by atoms with van der Waals surface area (Å²) in [5.41, 5.74) is -0.428. The highest BCUT2D eigenvalue weighted by Gasteiger charge is 2.11. The van der Waals surface area contributed by atoms with Crippen LogP contribution in [-0.4, -0.2) is 0 Å². The first-order chi connectivity index (χ1) is 4.72. The molecular weight excluding hydrogens is 138 g/mol. The largest absolute Gasteiger partial charge is 0.289 e. The van der Waals surface area contributed by atoms with Crippen LogP contribution in [0.1, 0.15) is 12.0 Å². The fourth-order valence-electron chi connectivity index (χ4n) is 0.661. The van der Waals surface area contributed by atoms with Crippen LogP contribution in [0.25, 0.3) is 0 Å². The third kappa shape index (κ3) is 1.23. The lowest BCUT2D eigenvalue weighted by Gasteiger charge is -1.97. The van der Waals surface area contributed by atoms with Crippen LogP contribution in [0.2, 0.25) is 0 Å². The predicted octanol–water partition coefficient (Wildman–Crippen LogP) is 2.77. The first-order valence-corrected chi connectivity index (χ1v) is 2.76. The van der Waals surface area contributed by atoms with E-state index in [1.165, 1.54) is 12.1 Å². The van der Waals surface area contributed by atoms with E-state index in [4.69, 9.17) is 0 Å². The van der Waals surface area contributed by atoms with E-state index in [9.17, 15) is 13.9 Å². The molecule has 1 radical (unpaired) electrons. The standard InChI is InChI=1S/C7H5F2O/c8-7(9)5-3-1-2-4-6(5)10/h1-4,7H. The van der Waals surface area contributed by atoms with Crippen LogP contribution in [0, 0.1) is 0 Å². The van der Waals surface area contributed by atoms with Gasteiger partial charge < -0.3 is 0 Å². The summed E-state index contributed by atoms with van der Waals surface area (Å²) in [4.78, 5) is 0. The summed E-state index contributed by atoms with van der Waals surface area (Å²) in [7, 11) is 0. The zero-order chi connectivity index (χ0) is 7.56. The molecule has 3 heteroatoms. The molecule has 0 bridgehead atoms. The number of alkyl halides is 2. The lowest BCUT2D eigenvalue weighted by Crippen LogP contribution is -1.81. The molecule has 0 fully saturated rings. The van der Waals surface area contributed by atoms with Crippen LogP contribution in [0.4, 0.5) is 8.78 Å². The van der Waals surface area contributed by atoms with Crippen molar-refractivity contribution in [3.8, 4) is 5.75 Å². The molecule has 53 valence electrons. The van der Waals surface area contributed by atoms with Crippen molar-refractivity contribution >= 4 is 0 Å². The summed E-state index contributed by atoms with van der Waals surface area (Å²) in [6, 6.07) is 5.12. The molecule has 0 spiro atoms. The molecule has 1 nitrogen and oxygen atoms in total. The number of hydrogen-bond acceptors (Lipinski definition) is 0. The number of benzene rings is 1. The normalized spacial score (nSPS) is 10.3. The van der Waals surface area contributed by atoms with Gasteiger partial charge in [0.15, 0.2) is 5.75 Å². The molecule has 0 saturated heterocycles. The smallest absolute Gasteiger partial charge is 0.267 e. The summed E-state index contributed by atoms with van der Waals surface area (Å²) in [6.07, 6.45) is -2.66. The molecule has 0 atom stereocenters. The van der Waals surface area contributed by atoms with Crippen molar-refractivity contribution in [2.24, 2.45) is 0 Å². The Kier molecular flexibility index (Phi) is 1.85. The van der Waals surface area contributed by atoms with Gasteiger partial charge in [0.25, 0.3) is 6.43 Å². The van der Waals surface area contributed by atoms with E-state index in [0.29, 0.717) is 0 Å². The Balaban J connectivity index is 3.03. The van der Waals surface area contributed by atoms with Crippen molar-refractivity contribution in [2.45, 2.75) is 6.43 Å². The van der Waals surface area contributed by atoms with Gasteiger partial charge in [-0.15, -0.1) is 0 Å². The number of halogens is 2. The molecular formula is C7H5F2O. The second-order valence-electron chi connectivity index (χ2n) is 1.84. The fourth-order valence-corrected chi connectivity index (χ4v) is 0.661. The first kappa shape index (κ1) is 6.99. The first-order valence-electron chi connectivity index (χ1n) is 2.76. The molecule has 1 rings (SSSR count). The van der Waals surface area contributed by atoms with Gasteiger partial charge in [0, 0.05) is 0 Å². The van der Waals surface area contributed by atoms with E-state index in [2.05, 4.69) is 0 Å². The van der Waals surface area contributed by atoms with Gasteiger partial charge >= 0.3 is 0 Å². The minimum Gasteiger partial charge on any atom is -0.289 e. The highest BCUT2D eigenvalue weighted by atomic mass is 19.3. The summed E-state index contributed by atoms with van der Waals surface area (Å²) >= 11 is 0. The molecule has 0 unspecified atom stereocenters. The molecule has 0 saturated carbocycles. The van der Waals surface area contributed by atoms with Gasteiger partial charge in [0.05, 0.1) is 5.56 Å². The van der Waals surface area contributed by atoms with Gasteiger partial charge in [-0.25, -0.2) is 8.78 Å². The maximum absolute atomic E-state index is 11.8. The Morgan fingerprint density at radius 1 is 1.20 bits per heavy atom. The minimum atomic E-state index is -2.66. The number of hydrogen-bond donors (Lipinski definition) is 0. The van der Waals surface area contributed by atoms with Gasteiger partial charge in [-0.05, 0) is 12.1 Å². The minimum absolute atomic E-state index is 0.428. The van der Waals surface area contributed by atoms with E-state index in [-0.39, 0.29) is 0 Å². The number of rotatable bonds is 1. The van der Waals surface area contributed by atoms with Crippen LogP contribution in [0.5, 0.6) is 5.75 Å². The molecule has 1 aromatic rings. The van der Waals surface area contributed by atoms with Crippen LogP contribution >= 0.6 is 0 Å². The Bertz CT molecular complexity index is 223. The van der Waals surface area contributed by atoms with E-state index in [0.717, 1.165) is 12.1 Å². The monoisotopic (exact) mass is 143 g/mol. The van der Waals surface area contributed by atoms with Crippen LogP contribution in [0.3, 0.4) is 0 Å². The summed E-state index contributed by atoms with van der Waals surface area (Å²) in [5.74, 6) is -0.600. The number of para-hydroxylation sites is 1. The lowest BCUT2D eigenvalue weighted by molar-refractivity contribution is 0.144. The van der Waals surface area contributed by atoms with Gasteiger partial charge in [0.2, 0.25) is 0 Å². The van der Waals surface area contributed by atoms with E-state index >= 15 is 0 Å². The molecule has 0 amide bonds. The van der Waals surface area contributed by atoms with E-state index in [1.54, 1.807) is 0 Å². The van der Waals surface area contributed by atoms with Gasteiger partial charge in [0.1, 0.15) is 0 Å². The maximum atomic E-state index is 11.8. The van der Waals surface area contributed by atoms with Crippen LogP contribution in [0.15, 0.2) is 24.3 Å². The topological polar surface area (TPSA) is 19.9 Å². The summed E-state index contributed by atoms with van der Waals surface area (Å²) < 4.78 is 23.7. The SMILES string of the molecule is [O]c1ccccc1C(F)F. The molecule has 0 aliphatic rings. The third-order valence-corrected chi connectivity index (χ3v) is 1.15. The van der Waals surface area contributed by atoms with Gasteiger partial charge in [-0.1, -0.05) is 12.1 Å². The fraction of sp³-hybridized carbons (Fsp3) is 0.143. The second kappa shape index (κ2) is 2.64. The van der Waals surface area contributed by atoms with Crippen molar-refractivity contribution < 1.29 is 13.9 Å². The molecule has 0 aromatic heterocycles. The van der Waals surface area contributed by atoms with E-state index < -0.39 is 17.7 Å². The molecule has 1 aromatic carbocycles. The Morgan fingerprint density at radius 2 is 1.80 bits per heavy atom. The van der Waals surface area contributed by atoms with Gasteiger partial charge in [-0.3, -0.25) is 5.11 Å². The molecule has 0 heterocycles. The zero-order valence-corrected chi connectivity index (χ0v) is 5.05. The summed E-state index contributed by atoms with van der Waals surface area (Å²) in [6.45, 7) is 0. The van der Waals surface area contributed by atoms with Crippen molar-refractivity contribution in [1.29, 1.82) is 0 Å². The highest BCUT2D eigenvalue weighted by molar-refractivity contribution is 5.32. The Morgan fingerprint density at radius 3 is 2.20 bits per heavy atom. The van der Waals surface area contributed by atoms with Crippen molar-refractivity contribution in [3.63, 3.8) is 0 Å². The highest BCUT2D eigenvalue weighted by Crippen LogP contribution is 2.27. The zero-order valence-electron chi connectivity index (χ0n) is 5.05. The van der Waals surface area contributed by atoms with Crippen LogP contribution in [-0.2, 0) is 5.11 Å². The average Bonchev–Trinajstić information content (AvgIpc) is 1.88. The summed E-state index contributed by atoms with van der Waals surface area (Å²) in [5, 5.41) is 10.6. The van der Waals surface area contributed by atoms with Gasteiger partial charge in [-0.2, -0.15) is 0 Å². The maximum Gasteiger partial charge on any atom is 0.267 e. The Hall–Kier alpha value is -1.12. The molecule has 0 N–H and O–H groups in total. The average molecular weight is 143 g/mol.